The van der Waals surface area contributed by atoms with Gasteiger partial charge in [0.15, 0.2) is 5.01 Å². The number of aryl methyl sites for hydroxylation is 1. The SMILES string of the molecule is O=C(c1nccs1)c1cccnc1N1CCCn2nc(CO)cc2C1. The number of hydrogen-bond donors (Lipinski definition) is 1. The minimum absolute atomic E-state index is 0.0721. The summed E-state index contributed by atoms with van der Waals surface area (Å²) in [5.41, 5.74) is 2.24. The van der Waals surface area contributed by atoms with Crippen LogP contribution in [0.2, 0.25) is 0 Å². The fraction of sp³-hybridized carbons (Fsp3) is 0.294. The summed E-state index contributed by atoms with van der Waals surface area (Å²) in [6.07, 6.45) is 4.23. The van der Waals surface area contributed by atoms with E-state index in [1.807, 2.05) is 10.7 Å². The first kappa shape index (κ1) is 15.9. The monoisotopic (exact) mass is 355 g/mol. The van der Waals surface area contributed by atoms with Crippen LogP contribution in [0.4, 0.5) is 5.82 Å². The number of carbonyl (C=O) groups is 1. The van der Waals surface area contributed by atoms with Gasteiger partial charge in [-0.3, -0.25) is 9.48 Å². The van der Waals surface area contributed by atoms with Gasteiger partial charge in [-0.15, -0.1) is 11.3 Å². The lowest BCUT2D eigenvalue weighted by molar-refractivity contribution is 0.103. The zero-order chi connectivity index (χ0) is 17.2. The van der Waals surface area contributed by atoms with Crippen molar-refractivity contribution in [3.05, 3.63) is 57.9 Å². The van der Waals surface area contributed by atoms with E-state index in [-0.39, 0.29) is 12.4 Å². The summed E-state index contributed by atoms with van der Waals surface area (Å²) in [7, 11) is 0. The number of aliphatic hydroxyl groups is 1. The third-order valence-electron chi connectivity index (χ3n) is 4.18. The summed E-state index contributed by atoms with van der Waals surface area (Å²) in [5, 5.41) is 16.0. The normalized spacial score (nSPS) is 14.2. The number of anilines is 1. The standard InChI is InChI=1S/C17H17N5O2S/c23-11-12-9-13-10-21(6-2-7-22(13)20-12)16-14(3-1-4-18-16)15(24)17-19-5-8-25-17/h1,3-5,8-9,23H,2,6-7,10-11H2. The Hall–Kier alpha value is -2.58. The van der Waals surface area contributed by atoms with Gasteiger partial charge in [0.25, 0.3) is 0 Å². The van der Waals surface area contributed by atoms with Crippen LogP contribution >= 0.6 is 11.3 Å². The van der Waals surface area contributed by atoms with E-state index in [2.05, 4.69) is 20.0 Å². The zero-order valence-corrected chi connectivity index (χ0v) is 14.3. The molecule has 0 atom stereocenters. The van der Waals surface area contributed by atoms with Crippen molar-refractivity contribution in [2.75, 3.05) is 11.4 Å². The lowest BCUT2D eigenvalue weighted by Gasteiger charge is -2.23. The number of rotatable bonds is 4. The molecule has 128 valence electrons. The quantitative estimate of drug-likeness (QED) is 0.719. The molecule has 0 amide bonds. The first-order valence-corrected chi connectivity index (χ1v) is 8.95. The third kappa shape index (κ3) is 3.06. The van der Waals surface area contributed by atoms with Gasteiger partial charge in [0.2, 0.25) is 5.78 Å². The summed E-state index contributed by atoms with van der Waals surface area (Å²) in [6.45, 7) is 2.10. The highest BCUT2D eigenvalue weighted by Crippen LogP contribution is 2.25. The number of aromatic nitrogens is 4. The molecule has 7 nitrogen and oxygen atoms in total. The lowest BCUT2D eigenvalue weighted by atomic mass is 10.1. The Morgan fingerprint density at radius 3 is 3.00 bits per heavy atom. The van der Waals surface area contributed by atoms with E-state index in [9.17, 15) is 9.90 Å². The molecule has 1 N–H and O–H groups in total. The molecule has 0 spiro atoms. The number of nitrogens with zero attached hydrogens (tertiary/aromatic N) is 5. The van der Waals surface area contributed by atoms with Crippen LogP contribution in [0.3, 0.4) is 0 Å². The summed E-state index contributed by atoms with van der Waals surface area (Å²) < 4.78 is 1.93. The lowest BCUT2D eigenvalue weighted by Crippen LogP contribution is -2.26. The third-order valence-corrected chi connectivity index (χ3v) is 4.96. The van der Waals surface area contributed by atoms with Crippen molar-refractivity contribution in [1.82, 2.24) is 19.7 Å². The molecular formula is C17H17N5O2S. The molecule has 0 saturated heterocycles. The predicted octanol–water partition coefficient (Wildman–Crippen LogP) is 1.87. The van der Waals surface area contributed by atoms with Crippen molar-refractivity contribution in [3.63, 3.8) is 0 Å². The van der Waals surface area contributed by atoms with E-state index in [4.69, 9.17) is 0 Å². The Morgan fingerprint density at radius 1 is 1.28 bits per heavy atom. The van der Waals surface area contributed by atoms with Gasteiger partial charge in [0, 0.05) is 30.9 Å². The second-order valence-electron chi connectivity index (χ2n) is 5.82. The van der Waals surface area contributed by atoms with E-state index in [0.717, 1.165) is 25.2 Å². The molecule has 8 heteroatoms. The number of hydrogen-bond acceptors (Lipinski definition) is 7. The molecule has 0 fully saturated rings. The summed E-state index contributed by atoms with van der Waals surface area (Å²) in [6, 6.07) is 5.48. The fourth-order valence-electron chi connectivity index (χ4n) is 3.06. The molecule has 1 aliphatic heterocycles. The fourth-order valence-corrected chi connectivity index (χ4v) is 3.65. The first-order valence-electron chi connectivity index (χ1n) is 8.07. The number of carbonyl (C=O) groups excluding carboxylic acids is 1. The van der Waals surface area contributed by atoms with Crippen LogP contribution < -0.4 is 4.90 Å². The molecular weight excluding hydrogens is 338 g/mol. The molecule has 1 aliphatic rings. The van der Waals surface area contributed by atoms with Gasteiger partial charge in [-0.25, -0.2) is 9.97 Å². The molecule has 3 aromatic heterocycles. The van der Waals surface area contributed by atoms with E-state index < -0.39 is 0 Å². The van der Waals surface area contributed by atoms with E-state index in [1.54, 1.807) is 29.9 Å². The highest BCUT2D eigenvalue weighted by molar-refractivity contribution is 7.11. The molecule has 4 heterocycles. The molecule has 3 aromatic rings. The topological polar surface area (TPSA) is 84.1 Å². The Kier molecular flexibility index (Phi) is 4.29. The number of ketones is 1. The molecule has 0 aliphatic carbocycles. The molecule has 0 bridgehead atoms. The maximum absolute atomic E-state index is 12.8. The minimum Gasteiger partial charge on any atom is -0.390 e. The van der Waals surface area contributed by atoms with Crippen LogP contribution in [0, 0.1) is 0 Å². The number of thiazole rings is 1. The number of fused-ring (bicyclic) bond motifs is 1. The largest absolute Gasteiger partial charge is 0.390 e. The summed E-state index contributed by atoms with van der Waals surface area (Å²) in [5.74, 6) is 0.565. The summed E-state index contributed by atoms with van der Waals surface area (Å²) in [4.78, 5) is 23.5. The van der Waals surface area contributed by atoms with Gasteiger partial charge < -0.3 is 10.0 Å². The van der Waals surface area contributed by atoms with Gasteiger partial charge in [0.1, 0.15) is 5.82 Å². The Balaban J connectivity index is 1.69. The zero-order valence-electron chi connectivity index (χ0n) is 13.5. The molecule has 0 radical (unpaired) electrons. The Labute approximate surface area is 148 Å². The molecule has 4 rings (SSSR count). The van der Waals surface area contributed by atoms with Gasteiger partial charge >= 0.3 is 0 Å². The molecule has 0 saturated carbocycles. The Morgan fingerprint density at radius 2 is 2.20 bits per heavy atom. The van der Waals surface area contributed by atoms with Gasteiger partial charge in [-0.05, 0) is 24.6 Å². The maximum atomic E-state index is 12.8. The molecule has 25 heavy (non-hydrogen) atoms. The average Bonchev–Trinajstić information content (AvgIpc) is 3.27. The van der Waals surface area contributed by atoms with Crippen molar-refractivity contribution in [3.8, 4) is 0 Å². The van der Waals surface area contributed by atoms with E-state index in [1.165, 1.54) is 11.3 Å². The average molecular weight is 355 g/mol. The van der Waals surface area contributed by atoms with Crippen LogP contribution in [-0.4, -0.2) is 37.2 Å². The van der Waals surface area contributed by atoms with Crippen LogP contribution in [0.25, 0.3) is 0 Å². The van der Waals surface area contributed by atoms with Crippen molar-refractivity contribution >= 4 is 22.9 Å². The van der Waals surface area contributed by atoms with Crippen molar-refractivity contribution in [1.29, 1.82) is 0 Å². The number of aliphatic hydroxyl groups excluding tert-OH is 1. The Bertz CT molecular complexity index is 890. The van der Waals surface area contributed by atoms with Crippen LogP contribution in [-0.2, 0) is 19.7 Å². The van der Waals surface area contributed by atoms with Gasteiger partial charge in [-0.1, -0.05) is 0 Å². The smallest absolute Gasteiger partial charge is 0.225 e. The predicted molar refractivity (Wildman–Crippen MR) is 93.6 cm³/mol. The molecule has 0 unspecified atom stereocenters. The first-order chi connectivity index (χ1) is 12.3. The van der Waals surface area contributed by atoms with E-state index in [0.29, 0.717) is 28.6 Å². The van der Waals surface area contributed by atoms with Crippen LogP contribution in [0.1, 0.15) is 33.2 Å². The van der Waals surface area contributed by atoms with Crippen molar-refractivity contribution in [2.24, 2.45) is 0 Å². The van der Waals surface area contributed by atoms with Crippen molar-refractivity contribution in [2.45, 2.75) is 26.1 Å². The van der Waals surface area contributed by atoms with Crippen LogP contribution in [0.15, 0.2) is 36.0 Å². The second-order valence-corrected chi connectivity index (χ2v) is 6.72. The van der Waals surface area contributed by atoms with Crippen LogP contribution in [0.5, 0.6) is 0 Å². The summed E-state index contributed by atoms with van der Waals surface area (Å²) >= 11 is 1.33. The van der Waals surface area contributed by atoms with Gasteiger partial charge in [-0.2, -0.15) is 5.10 Å². The highest BCUT2D eigenvalue weighted by Gasteiger charge is 2.23. The minimum atomic E-state index is -0.105. The highest BCUT2D eigenvalue weighted by atomic mass is 32.1. The maximum Gasteiger partial charge on any atom is 0.225 e. The van der Waals surface area contributed by atoms with Gasteiger partial charge in [0.05, 0.1) is 30.1 Å². The second kappa shape index (κ2) is 6.73. The van der Waals surface area contributed by atoms with Crippen molar-refractivity contribution < 1.29 is 9.90 Å². The number of pyridine rings is 1. The van der Waals surface area contributed by atoms with E-state index >= 15 is 0 Å². The molecule has 0 aromatic carbocycles.